The molecule has 1 atom stereocenters. The molecule has 0 aliphatic carbocycles. The second-order valence-electron chi connectivity index (χ2n) is 6.81. The number of carbonyl (C=O) groups is 1. The van der Waals surface area contributed by atoms with Crippen molar-refractivity contribution >= 4 is 11.4 Å². The molecule has 0 saturated carbocycles. The number of hydrogen-bond donors (Lipinski definition) is 1. The molecule has 0 bridgehead atoms. The van der Waals surface area contributed by atoms with Gasteiger partial charge >= 0.3 is 0 Å². The van der Waals surface area contributed by atoms with E-state index in [1.54, 1.807) is 24.0 Å². The van der Waals surface area contributed by atoms with Crippen LogP contribution in [-0.2, 0) is 6.42 Å². The summed E-state index contributed by atoms with van der Waals surface area (Å²) in [4.78, 5) is 15.0. The fourth-order valence-electron chi connectivity index (χ4n) is 3.56. The number of carbonyl (C=O) groups excluding carboxylic acids is 1. The number of aromatic nitrogens is 2. The average Bonchev–Trinajstić information content (AvgIpc) is 3.16. The van der Waals surface area contributed by atoms with Gasteiger partial charge in [0.05, 0.1) is 30.6 Å². The molecule has 3 aromatic rings. The Balaban J connectivity index is 1.54. The molecule has 6 nitrogen and oxygen atoms in total. The number of benzene rings is 1. The van der Waals surface area contributed by atoms with Crippen molar-refractivity contribution in [2.45, 2.75) is 19.4 Å². The highest BCUT2D eigenvalue weighted by Crippen LogP contribution is 2.22. The number of amides is 1. The van der Waals surface area contributed by atoms with Gasteiger partial charge in [0, 0.05) is 25.7 Å². The number of nitrogens with zero attached hydrogens (tertiary/aromatic N) is 3. The monoisotopic (exact) mass is 364 g/mol. The number of ether oxygens (including phenoxy) is 1. The van der Waals surface area contributed by atoms with Gasteiger partial charge in [0.2, 0.25) is 0 Å². The van der Waals surface area contributed by atoms with Crippen LogP contribution >= 0.6 is 0 Å². The first-order valence-electron chi connectivity index (χ1n) is 9.32. The summed E-state index contributed by atoms with van der Waals surface area (Å²) in [5, 5.41) is 7.84. The van der Waals surface area contributed by atoms with E-state index < -0.39 is 0 Å². The molecule has 1 aromatic carbocycles. The maximum Gasteiger partial charge on any atom is 0.257 e. The molecule has 0 spiro atoms. The summed E-state index contributed by atoms with van der Waals surface area (Å²) in [6.07, 6.45) is 4.45. The van der Waals surface area contributed by atoms with Gasteiger partial charge in [-0.25, -0.2) is 4.52 Å². The molecular weight excluding hydrogens is 340 g/mol. The van der Waals surface area contributed by atoms with Crippen molar-refractivity contribution in [2.75, 3.05) is 26.7 Å². The highest BCUT2D eigenvalue weighted by Gasteiger charge is 2.26. The molecule has 1 N–H and O–H groups in total. The smallest absolute Gasteiger partial charge is 0.257 e. The average molecular weight is 364 g/mol. The summed E-state index contributed by atoms with van der Waals surface area (Å²) < 4.78 is 6.91. The van der Waals surface area contributed by atoms with Crippen LogP contribution in [-0.4, -0.2) is 47.2 Å². The van der Waals surface area contributed by atoms with Crippen LogP contribution in [0.2, 0.25) is 0 Å². The third kappa shape index (κ3) is 3.40. The van der Waals surface area contributed by atoms with Crippen molar-refractivity contribution in [3.05, 3.63) is 65.5 Å². The molecule has 1 aliphatic rings. The van der Waals surface area contributed by atoms with Crippen LogP contribution in [0.25, 0.3) is 5.52 Å². The summed E-state index contributed by atoms with van der Waals surface area (Å²) in [6, 6.07) is 12.5. The van der Waals surface area contributed by atoms with E-state index in [4.69, 9.17) is 4.74 Å². The van der Waals surface area contributed by atoms with Crippen molar-refractivity contribution in [3.63, 3.8) is 0 Å². The quantitative estimate of drug-likeness (QED) is 0.773. The summed E-state index contributed by atoms with van der Waals surface area (Å²) in [7, 11) is 1.62. The maximum absolute atomic E-state index is 13.1. The van der Waals surface area contributed by atoms with Crippen molar-refractivity contribution in [1.29, 1.82) is 0 Å². The van der Waals surface area contributed by atoms with E-state index in [2.05, 4.69) is 41.6 Å². The molecule has 2 aromatic heterocycles. The Labute approximate surface area is 158 Å². The number of hydrogen-bond acceptors (Lipinski definition) is 4. The highest BCUT2D eigenvalue weighted by molar-refractivity contribution is 6.00. The number of pyridine rings is 1. The van der Waals surface area contributed by atoms with Gasteiger partial charge in [0.1, 0.15) is 5.75 Å². The SMILES string of the molecule is CCc1ccc(C2CN(C(=O)c3cnn4cc(OC)ccc34)CCN2)cc1. The number of nitrogens with one attached hydrogen (secondary N) is 1. The van der Waals surface area contributed by atoms with Gasteiger partial charge in [0.15, 0.2) is 0 Å². The topological polar surface area (TPSA) is 58.9 Å². The van der Waals surface area contributed by atoms with Gasteiger partial charge < -0.3 is 15.0 Å². The molecule has 1 fully saturated rings. The van der Waals surface area contributed by atoms with Gasteiger partial charge in [-0.3, -0.25) is 4.79 Å². The first-order valence-corrected chi connectivity index (χ1v) is 9.32. The first-order chi connectivity index (χ1) is 13.2. The van der Waals surface area contributed by atoms with Gasteiger partial charge in [-0.1, -0.05) is 31.2 Å². The molecule has 27 heavy (non-hydrogen) atoms. The van der Waals surface area contributed by atoms with E-state index in [9.17, 15) is 4.79 Å². The third-order valence-electron chi connectivity index (χ3n) is 5.21. The Morgan fingerprint density at radius 1 is 1.26 bits per heavy atom. The lowest BCUT2D eigenvalue weighted by atomic mass is 10.0. The second-order valence-corrected chi connectivity index (χ2v) is 6.81. The number of methoxy groups -OCH3 is 1. The van der Waals surface area contributed by atoms with Crippen LogP contribution in [0.15, 0.2) is 48.8 Å². The van der Waals surface area contributed by atoms with E-state index in [1.165, 1.54) is 11.1 Å². The van der Waals surface area contributed by atoms with Crippen molar-refractivity contribution in [1.82, 2.24) is 19.8 Å². The molecule has 3 heterocycles. The summed E-state index contributed by atoms with van der Waals surface area (Å²) in [6.45, 7) is 4.27. The second kappa shape index (κ2) is 7.40. The zero-order valence-corrected chi connectivity index (χ0v) is 15.7. The predicted molar refractivity (Wildman–Crippen MR) is 104 cm³/mol. The van der Waals surface area contributed by atoms with Crippen LogP contribution in [0.5, 0.6) is 5.75 Å². The standard InChI is InChI=1S/C21H24N4O2/c1-3-15-4-6-16(7-5-15)19-14-24(11-10-22-19)21(26)18-12-23-25-13-17(27-2)8-9-20(18)25/h4-9,12-13,19,22H,3,10-11,14H2,1-2H3. The van der Waals surface area contributed by atoms with E-state index in [0.717, 1.165) is 18.5 Å². The van der Waals surface area contributed by atoms with E-state index >= 15 is 0 Å². The van der Waals surface area contributed by atoms with E-state index in [-0.39, 0.29) is 11.9 Å². The molecule has 6 heteroatoms. The van der Waals surface area contributed by atoms with Crippen molar-refractivity contribution < 1.29 is 9.53 Å². The summed E-state index contributed by atoms with van der Waals surface area (Å²) >= 11 is 0. The number of fused-ring (bicyclic) bond motifs is 1. The minimum absolute atomic E-state index is 0.0202. The minimum atomic E-state index is 0.0202. The molecule has 1 amide bonds. The Morgan fingerprint density at radius 2 is 2.07 bits per heavy atom. The van der Waals surface area contributed by atoms with Crippen molar-refractivity contribution in [2.24, 2.45) is 0 Å². The molecule has 4 rings (SSSR count). The van der Waals surface area contributed by atoms with E-state index in [0.29, 0.717) is 24.4 Å². The molecular formula is C21H24N4O2. The van der Waals surface area contributed by atoms with Gasteiger partial charge in [-0.15, -0.1) is 0 Å². The lowest BCUT2D eigenvalue weighted by Crippen LogP contribution is -2.48. The largest absolute Gasteiger partial charge is 0.495 e. The minimum Gasteiger partial charge on any atom is -0.495 e. The lowest BCUT2D eigenvalue weighted by Gasteiger charge is -2.34. The number of rotatable bonds is 4. The zero-order valence-electron chi connectivity index (χ0n) is 15.7. The Hall–Kier alpha value is -2.86. The van der Waals surface area contributed by atoms with Crippen LogP contribution in [0.1, 0.15) is 34.5 Å². The number of aryl methyl sites for hydroxylation is 1. The summed E-state index contributed by atoms with van der Waals surface area (Å²) in [5.74, 6) is 0.731. The van der Waals surface area contributed by atoms with E-state index in [1.807, 2.05) is 17.0 Å². The number of piperazine rings is 1. The Morgan fingerprint density at radius 3 is 2.81 bits per heavy atom. The first kappa shape index (κ1) is 17.5. The predicted octanol–water partition coefficient (Wildman–Crippen LogP) is 2.69. The fourth-order valence-corrected chi connectivity index (χ4v) is 3.56. The summed E-state index contributed by atoms with van der Waals surface area (Å²) in [5.41, 5.74) is 3.96. The molecule has 1 unspecified atom stereocenters. The van der Waals surface area contributed by atoms with Crippen molar-refractivity contribution in [3.8, 4) is 5.75 Å². The van der Waals surface area contributed by atoms with Gasteiger partial charge in [-0.05, 0) is 29.7 Å². The van der Waals surface area contributed by atoms with Crippen LogP contribution in [0, 0.1) is 0 Å². The fraction of sp³-hybridized carbons (Fsp3) is 0.333. The molecule has 0 radical (unpaired) electrons. The van der Waals surface area contributed by atoms with Crippen LogP contribution in [0.4, 0.5) is 0 Å². The normalized spacial score (nSPS) is 17.3. The van der Waals surface area contributed by atoms with Gasteiger partial charge in [0.25, 0.3) is 5.91 Å². The highest BCUT2D eigenvalue weighted by atomic mass is 16.5. The molecule has 1 saturated heterocycles. The zero-order chi connectivity index (χ0) is 18.8. The molecule has 1 aliphatic heterocycles. The Kier molecular flexibility index (Phi) is 4.81. The molecule has 140 valence electrons. The lowest BCUT2D eigenvalue weighted by molar-refractivity contribution is 0.0705. The third-order valence-corrected chi connectivity index (χ3v) is 5.21. The maximum atomic E-state index is 13.1. The van der Waals surface area contributed by atoms with Crippen LogP contribution in [0.3, 0.4) is 0 Å². The van der Waals surface area contributed by atoms with Gasteiger partial charge in [-0.2, -0.15) is 5.10 Å². The van der Waals surface area contributed by atoms with Crippen LogP contribution < -0.4 is 10.1 Å². The Bertz CT molecular complexity index is 948.